The van der Waals surface area contributed by atoms with E-state index in [-0.39, 0.29) is 6.04 Å². The van der Waals surface area contributed by atoms with Gasteiger partial charge in [0.05, 0.1) is 0 Å². The van der Waals surface area contributed by atoms with E-state index in [2.05, 4.69) is 0 Å². The molecule has 0 aliphatic rings. The molecule has 0 bridgehead atoms. The lowest BCUT2D eigenvalue weighted by molar-refractivity contribution is -0.134. The molecule has 1 aromatic carbocycles. The van der Waals surface area contributed by atoms with Gasteiger partial charge in [-0.3, -0.25) is 4.79 Å². The molecule has 3 heteroatoms. The number of carbonyl (C=O) groups is 1. The molecule has 0 amide bonds. The fraction of sp³-hybridized carbons (Fsp3) is 0.300. The van der Waals surface area contributed by atoms with Gasteiger partial charge in [-0.05, 0) is 12.5 Å². The monoisotopic (exact) mass is 181 g/mol. The quantitative estimate of drug-likeness (QED) is 0.694. The van der Waals surface area contributed by atoms with Crippen molar-refractivity contribution in [1.29, 1.82) is 0 Å². The van der Waals surface area contributed by atoms with E-state index in [0.29, 0.717) is 0 Å². The van der Waals surface area contributed by atoms with E-state index >= 15 is 0 Å². The molecule has 1 rings (SSSR count). The Balaban J connectivity index is 0.000000310. The average Bonchev–Trinajstić information content (AvgIpc) is 2.05. The van der Waals surface area contributed by atoms with E-state index in [4.69, 9.17) is 15.6 Å². The predicted octanol–water partition coefficient (Wildman–Crippen LogP) is 1.80. The Kier molecular flexibility index (Phi) is 5.55. The van der Waals surface area contributed by atoms with Crippen LogP contribution in [-0.2, 0) is 4.79 Å². The number of aliphatic carboxylic acids is 1. The molecule has 0 aliphatic heterocycles. The molecule has 3 nitrogen and oxygen atoms in total. The molecule has 0 saturated carbocycles. The van der Waals surface area contributed by atoms with Crippen LogP contribution in [0.4, 0.5) is 0 Å². The van der Waals surface area contributed by atoms with E-state index in [1.807, 2.05) is 37.3 Å². The Labute approximate surface area is 78.2 Å². The Morgan fingerprint density at radius 2 is 1.77 bits per heavy atom. The molecule has 0 radical (unpaired) electrons. The minimum Gasteiger partial charge on any atom is -0.481 e. The lowest BCUT2D eigenvalue weighted by atomic mass is 10.1. The fourth-order valence-electron chi connectivity index (χ4n) is 0.757. The van der Waals surface area contributed by atoms with Crippen molar-refractivity contribution in [2.45, 2.75) is 19.9 Å². The average molecular weight is 181 g/mol. The first-order chi connectivity index (χ1) is 6.04. The maximum atomic E-state index is 9.00. The third kappa shape index (κ3) is 7.03. The molecule has 3 N–H and O–H groups in total. The number of nitrogens with two attached hydrogens (primary N) is 1. The lowest BCUT2D eigenvalue weighted by Gasteiger charge is -2.02. The Hall–Kier alpha value is -1.35. The van der Waals surface area contributed by atoms with Gasteiger partial charge in [0.2, 0.25) is 0 Å². The molecule has 0 heterocycles. The van der Waals surface area contributed by atoms with Crippen LogP contribution in [0, 0.1) is 0 Å². The van der Waals surface area contributed by atoms with Gasteiger partial charge in [-0.2, -0.15) is 0 Å². The minimum absolute atomic E-state index is 0.159. The summed E-state index contributed by atoms with van der Waals surface area (Å²) in [5, 5.41) is 7.42. The van der Waals surface area contributed by atoms with Crippen molar-refractivity contribution >= 4 is 5.97 Å². The highest BCUT2D eigenvalue weighted by Gasteiger charge is 1.93. The van der Waals surface area contributed by atoms with Crippen molar-refractivity contribution in [3.05, 3.63) is 35.9 Å². The van der Waals surface area contributed by atoms with Gasteiger partial charge in [-0.1, -0.05) is 30.3 Å². The molecule has 0 fully saturated rings. The lowest BCUT2D eigenvalue weighted by Crippen LogP contribution is -2.03. The zero-order valence-corrected chi connectivity index (χ0v) is 7.90. The van der Waals surface area contributed by atoms with Gasteiger partial charge in [-0.25, -0.2) is 0 Å². The van der Waals surface area contributed by atoms with E-state index in [9.17, 15) is 0 Å². The van der Waals surface area contributed by atoms with Crippen molar-refractivity contribution in [2.24, 2.45) is 5.73 Å². The zero-order chi connectivity index (χ0) is 10.3. The van der Waals surface area contributed by atoms with Gasteiger partial charge in [0, 0.05) is 13.0 Å². The van der Waals surface area contributed by atoms with Gasteiger partial charge in [-0.15, -0.1) is 0 Å². The standard InChI is InChI=1S/C8H11N.C2H4O2/c1-7(9)8-5-3-2-4-6-8;1-2(3)4/h2-7H,9H2,1H3;1H3,(H,3,4)/t7-;/m1./s1. The molecule has 1 atom stereocenters. The van der Waals surface area contributed by atoms with Crippen LogP contribution >= 0.6 is 0 Å². The van der Waals surface area contributed by atoms with E-state index in [1.54, 1.807) is 0 Å². The summed E-state index contributed by atoms with van der Waals surface area (Å²) in [5.41, 5.74) is 6.81. The first kappa shape index (κ1) is 11.6. The summed E-state index contributed by atoms with van der Waals surface area (Å²) in [6.45, 7) is 3.06. The summed E-state index contributed by atoms with van der Waals surface area (Å²) in [7, 11) is 0. The normalized spacial score (nSPS) is 11.0. The molecule has 1 aromatic rings. The maximum absolute atomic E-state index is 9.00. The Morgan fingerprint density at radius 1 is 1.38 bits per heavy atom. The van der Waals surface area contributed by atoms with Crippen LogP contribution in [0.3, 0.4) is 0 Å². The highest BCUT2D eigenvalue weighted by molar-refractivity contribution is 5.62. The molecule has 72 valence electrons. The third-order valence-corrected chi connectivity index (χ3v) is 1.33. The van der Waals surface area contributed by atoms with Crippen LogP contribution in [0.2, 0.25) is 0 Å². The number of hydrogen-bond donors (Lipinski definition) is 2. The summed E-state index contributed by atoms with van der Waals surface area (Å²) < 4.78 is 0. The molecular weight excluding hydrogens is 166 g/mol. The van der Waals surface area contributed by atoms with Crippen LogP contribution in [0.25, 0.3) is 0 Å². The van der Waals surface area contributed by atoms with Crippen molar-refractivity contribution in [1.82, 2.24) is 0 Å². The van der Waals surface area contributed by atoms with E-state index < -0.39 is 5.97 Å². The second-order valence-electron chi connectivity index (χ2n) is 2.72. The van der Waals surface area contributed by atoms with Crippen LogP contribution in [0.5, 0.6) is 0 Å². The fourth-order valence-corrected chi connectivity index (χ4v) is 0.757. The topological polar surface area (TPSA) is 63.3 Å². The van der Waals surface area contributed by atoms with Gasteiger partial charge in [0.25, 0.3) is 5.97 Å². The highest BCUT2D eigenvalue weighted by atomic mass is 16.4. The smallest absolute Gasteiger partial charge is 0.300 e. The summed E-state index contributed by atoms with van der Waals surface area (Å²) in [4.78, 5) is 9.00. The number of carboxylic acid groups (broad SMARTS) is 1. The first-order valence-corrected chi connectivity index (χ1v) is 4.04. The maximum Gasteiger partial charge on any atom is 0.300 e. The first-order valence-electron chi connectivity index (χ1n) is 4.04. The molecule has 0 aliphatic carbocycles. The second kappa shape index (κ2) is 6.20. The van der Waals surface area contributed by atoms with Crippen molar-refractivity contribution in [2.75, 3.05) is 0 Å². The molecule has 13 heavy (non-hydrogen) atoms. The minimum atomic E-state index is -0.833. The summed E-state index contributed by atoms with van der Waals surface area (Å²) >= 11 is 0. The Bertz CT molecular complexity index is 240. The molecule has 0 aromatic heterocycles. The SMILES string of the molecule is CC(=O)O.C[C@@H](N)c1ccccc1. The van der Waals surface area contributed by atoms with E-state index in [0.717, 1.165) is 6.92 Å². The van der Waals surface area contributed by atoms with Gasteiger partial charge in [0.1, 0.15) is 0 Å². The molecule has 0 saturated heterocycles. The number of rotatable bonds is 1. The van der Waals surface area contributed by atoms with Crippen molar-refractivity contribution < 1.29 is 9.90 Å². The zero-order valence-electron chi connectivity index (χ0n) is 7.90. The van der Waals surface area contributed by atoms with Crippen LogP contribution < -0.4 is 5.73 Å². The summed E-state index contributed by atoms with van der Waals surface area (Å²) in [5.74, 6) is -0.833. The van der Waals surface area contributed by atoms with Crippen LogP contribution in [0.15, 0.2) is 30.3 Å². The van der Waals surface area contributed by atoms with Crippen LogP contribution in [0.1, 0.15) is 25.5 Å². The molecular formula is C10H15NO2. The summed E-state index contributed by atoms with van der Waals surface area (Å²) in [6, 6.07) is 10.2. The number of carboxylic acids is 1. The van der Waals surface area contributed by atoms with Gasteiger partial charge < -0.3 is 10.8 Å². The Morgan fingerprint density at radius 3 is 2.00 bits per heavy atom. The summed E-state index contributed by atoms with van der Waals surface area (Å²) in [6.07, 6.45) is 0. The third-order valence-electron chi connectivity index (χ3n) is 1.33. The van der Waals surface area contributed by atoms with Gasteiger partial charge in [0.15, 0.2) is 0 Å². The molecule has 0 unspecified atom stereocenters. The van der Waals surface area contributed by atoms with Crippen molar-refractivity contribution in [3.8, 4) is 0 Å². The number of hydrogen-bond acceptors (Lipinski definition) is 2. The molecule has 0 spiro atoms. The van der Waals surface area contributed by atoms with Crippen LogP contribution in [-0.4, -0.2) is 11.1 Å². The number of benzene rings is 1. The predicted molar refractivity (Wildman–Crippen MR) is 52.4 cm³/mol. The largest absolute Gasteiger partial charge is 0.481 e. The van der Waals surface area contributed by atoms with Crippen molar-refractivity contribution in [3.63, 3.8) is 0 Å². The highest BCUT2D eigenvalue weighted by Crippen LogP contribution is 2.06. The van der Waals surface area contributed by atoms with Gasteiger partial charge >= 0.3 is 0 Å². The van der Waals surface area contributed by atoms with E-state index in [1.165, 1.54) is 5.56 Å². The second-order valence-corrected chi connectivity index (χ2v) is 2.72.